The van der Waals surface area contributed by atoms with Crippen LogP contribution in [0, 0.1) is 47.3 Å². The van der Waals surface area contributed by atoms with Crippen molar-refractivity contribution in [3.05, 3.63) is 60.2 Å². The summed E-state index contributed by atoms with van der Waals surface area (Å²) >= 11 is 0. The third-order valence-electron chi connectivity index (χ3n) is 9.75. The maximum absolute atomic E-state index is 13.2. The summed E-state index contributed by atoms with van der Waals surface area (Å²) in [6.45, 7) is 0. The first-order valence-electron chi connectivity index (χ1n) is 11.8. The Morgan fingerprint density at radius 1 is 0.833 bits per heavy atom. The van der Waals surface area contributed by atoms with Crippen LogP contribution in [0.3, 0.4) is 0 Å². The van der Waals surface area contributed by atoms with Crippen molar-refractivity contribution in [1.82, 2.24) is 0 Å². The van der Waals surface area contributed by atoms with Crippen molar-refractivity contribution in [3.8, 4) is 0 Å². The molecule has 4 aliphatic carbocycles. The third kappa shape index (κ3) is 1.90. The molecule has 11 unspecified atom stereocenters. The van der Waals surface area contributed by atoms with Crippen LogP contribution in [0.15, 0.2) is 54.6 Å². The molecule has 0 spiro atoms. The summed E-state index contributed by atoms with van der Waals surface area (Å²) in [5.41, 5.74) is 0.704. The van der Waals surface area contributed by atoms with Crippen LogP contribution in [0.5, 0.6) is 0 Å². The topological polar surface area (TPSA) is 35.5 Å². The van der Waals surface area contributed by atoms with E-state index in [-0.39, 0.29) is 12.1 Å². The van der Waals surface area contributed by atoms with Crippen LogP contribution in [0.25, 0.3) is 10.8 Å². The minimum absolute atomic E-state index is 0.0678. The third-order valence-corrected chi connectivity index (χ3v) is 9.75. The lowest BCUT2D eigenvalue weighted by molar-refractivity contribution is -0.0159. The molecule has 2 heterocycles. The molecule has 3 saturated carbocycles. The van der Waals surface area contributed by atoms with Gasteiger partial charge in [0.1, 0.15) is 6.10 Å². The van der Waals surface area contributed by atoms with Gasteiger partial charge in [0.2, 0.25) is 0 Å². The number of fused-ring (bicyclic) bond motifs is 17. The maximum atomic E-state index is 13.2. The first-order chi connectivity index (χ1) is 14.8. The zero-order valence-corrected chi connectivity index (χ0v) is 16.9. The Kier molecular flexibility index (Phi) is 3.07. The number of carbonyl (C=O) groups is 1. The SMILES string of the molecule is O=C(OC1CC2CC1C1C3OC(C4C5C=CC(C5)C34)C21)c1cccc2ccccc12. The summed E-state index contributed by atoms with van der Waals surface area (Å²) in [7, 11) is 0. The fourth-order valence-corrected chi connectivity index (χ4v) is 8.96. The smallest absolute Gasteiger partial charge is 0.339 e. The summed E-state index contributed by atoms with van der Waals surface area (Å²) in [5, 5.41) is 2.09. The molecule has 152 valence electrons. The van der Waals surface area contributed by atoms with Crippen LogP contribution >= 0.6 is 0 Å². The molecule has 30 heavy (non-hydrogen) atoms. The van der Waals surface area contributed by atoms with Gasteiger partial charge in [0.05, 0.1) is 17.8 Å². The van der Waals surface area contributed by atoms with Crippen LogP contribution in [-0.4, -0.2) is 24.3 Å². The Labute approximate surface area is 176 Å². The number of hydrogen-bond donors (Lipinski definition) is 0. The molecule has 2 saturated heterocycles. The standard InChI is InChI=1S/C27H26O3/c28-27(18-7-3-5-13-4-1-2-6-17(13)18)29-20-12-16-11-19(20)24-23(16)25-21-14-8-9-15(10-14)22(21)26(24)30-25/h1-9,14-16,19-26H,10-12H2. The van der Waals surface area contributed by atoms with Gasteiger partial charge in [-0.05, 0) is 77.5 Å². The van der Waals surface area contributed by atoms with Gasteiger partial charge in [0, 0.05) is 5.92 Å². The molecule has 0 aromatic heterocycles. The van der Waals surface area contributed by atoms with E-state index in [1.807, 2.05) is 30.3 Å². The fraction of sp³-hybridized carbons (Fsp3) is 0.519. The first-order valence-corrected chi connectivity index (χ1v) is 11.8. The van der Waals surface area contributed by atoms with E-state index < -0.39 is 0 Å². The van der Waals surface area contributed by atoms with Gasteiger partial charge in [-0.3, -0.25) is 0 Å². The second kappa shape index (κ2) is 5.56. The predicted molar refractivity (Wildman–Crippen MR) is 113 cm³/mol. The number of benzene rings is 2. The molecule has 3 heteroatoms. The molecule has 5 fully saturated rings. The molecule has 6 aliphatic rings. The van der Waals surface area contributed by atoms with Crippen molar-refractivity contribution in [2.45, 2.75) is 37.6 Å². The maximum Gasteiger partial charge on any atom is 0.339 e. The van der Waals surface area contributed by atoms with E-state index in [1.165, 1.54) is 12.8 Å². The fourth-order valence-electron chi connectivity index (χ4n) is 8.96. The number of hydrogen-bond acceptors (Lipinski definition) is 3. The Morgan fingerprint density at radius 3 is 2.47 bits per heavy atom. The molecule has 2 aliphatic heterocycles. The summed E-state index contributed by atoms with van der Waals surface area (Å²) in [4.78, 5) is 13.2. The quantitative estimate of drug-likeness (QED) is 0.536. The number of rotatable bonds is 2. The van der Waals surface area contributed by atoms with Gasteiger partial charge in [-0.1, -0.05) is 48.6 Å². The molecule has 0 radical (unpaired) electrons. The van der Waals surface area contributed by atoms with Crippen molar-refractivity contribution in [2.75, 3.05) is 0 Å². The number of ether oxygens (including phenoxy) is 2. The molecule has 3 nitrogen and oxygen atoms in total. The zero-order chi connectivity index (χ0) is 19.6. The number of carbonyl (C=O) groups excluding carboxylic acids is 1. The average molecular weight is 399 g/mol. The van der Waals surface area contributed by atoms with Crippen LogP contribution in [-0.2, 0) is 9.47 Å². The lowest BCUT2D eigenvalue weighted by atomic mass is 9.60. The summed E-state index contributed by atoms with van der Waals surface area (Å²) in [6.07, 6.45) is 9.55. The molecular weight excluding hydrogens is 372 g/mol. The normalized spacial score (nSPS) is 48.5. The Hall–Kier alpha value is -2.13. The Morgan fingerprint density at radius 2 is 1.60 bits per heavy atom. The minimum atomic E-state index is -0.147. The van der Waals surface area contributed by atoms with E-state index in [1.54, 1.807) is 0 Å². The van der Waals surface area contributed by atoms with E-state index in [9.17, 15) is 4.79 Å². The molecular formula is C27H26O3. The predicted octanol–water partition coefficient (Wildman–Crippen LogP) is 4.86. The molecule has 2 aromatic rings. The van der Waals surface area contributed by atoms with Crippen molar-refractivity contribution in [2.24, 2.45) is 47.3 Å². The van der Waals surface area contributed by atoms with E-state index >= 15 is 0 Å². The second-order valence-corrected chi connectivity index (χ2v) is 10.7. The molecule has 0 amide bonds. The van der Waals surface area contributed by atoms with Crippen LogP contribution in [0.2, 0.25) is 0 Å². The first kappa shape index (κ1) is 16.5. The van der Waals surface area contributed by atoms with Crippen LogP contribution < -0.4 is 0 Å². The lowest BCUT2D eigenvalue weighted by Crippen LogP contribution is -2.47. The molecule has 0 N–H and O–H groups in total. The van der Waals surface area contributed by atoms with E-state index in [4.69, 9.17) is 9.47 Å². The highest BCUT2D eigenvalue weighted by molar-refractivity contribution is 6.04. The molecule has 8 rings (SSSR count). The van der Waals surface area contributed by atoms with E-state index in [0.29, 0.717) is 35.5 Å². The highest BCUT2D eigenvalue weighted by Gasteiger charge is 2.72. The van der Waals surface area contributed by atoms with Gasteiger partial charge >= 0.3 is 5.97 Å². The zero-order valence-electron chi connectivity index (χ0n) is 16.9. The van der Waals surface area contributed by atoms with Crippen molar-refractivity contribution >= 4 is 16.7 Å². The van der Waals surface area contributed by atoms with Crippen molar-refractivity contribution in [1.29, 1.82) is 0 Å². The molecule has 2 aromatic carbocycles. The highest BCUT2D eigenvalue weighted by atomic mass is 16.5. The average Bonchev–Trinajstić information content (AvgIpc) is 3.59. The van der Waals surface area contributed by atoms with Gasteiger partial charge < -0.3 is 9.47 Å². The van der Waals surface area contributed by atoms with Crippen LogP contribution in [0.4, 0.5) is 0 Å². The number of allylic oxidation sites excluding steroid dienone is 2. The highest BCUT2D eigenvalue weighted by Crippen LogP contribution is 2.71. The Bertz CT molecular complexity index is 1100. The summed E-state index contributed by atoms with van der Waals surface area (Å²) < 4.78 is 12.9. The van der Waals surface area contributed by atoms with Crippen molar-refractivity contribution in [3.63, 3.8) is 0 Å². The van der Waals surface area contributed by atoms with Gasteiger partial charge in [0.15, 0.2) is 0 Å². The number of esters is 1. The van der Waals surface area contributed by atoms with Gasteiger partial charge in [-0.15, -0.1) is 0 Å². The summed E-state index contributed by atoms with van der Waals surface area (Å²) in [6, 6.07) is 14.0. The van der Waals surface area contributed by atoms with E-state index in [2.05, 4.69) is 24.3 Å². The van der Waals surface area contributed by atoms with Crippen LogP contribution in [0.1, 0.15) is 29.6 Å². The largest absolute Gasteiger partial charge is 0.458 e. The summed E-state index contributed by atoms with van der Waals surface area (Å²) in [5.74, 6) is 5.41. The minimum Gasteiger partial charge on any atom is -0.458 e. The lowest BCUT2D eigenvalue weighted by Gasteiger charge is -2.42. The van der Waals surface area contributed by atoms with E-state index in [0.717, 1.165) is 46.8 Å². The molecule has 6 bridgehead atoms. The van der Waals surface area contributed by atoms with Gasteiger partial charge in [-0.2, -0.15) is 0 Å². The monoisotopic (exact) mass is 398 g/mol. The second-order valence-electron chi connectivity index (χ2n) is 10.7. The van der Waals surface area contributed by atoms with Crippen molar-refractivity contribution < 1.29 is 14.3 Å². The Balaban J connectivity index is 1.08. The van der Waals surface area contributed by atoms with Gasteiger partial charge in [0.25, 0.3) is 0 Å². The molecule has 11 atom stereocenters. The van der Waals surface area contributed by atoms with Gasteiger partial charge in [-0.25, -0.2) is 4.79 Å².